The Hall–Kier alpha value is -2.89. The summed E-state index contributed by atoms with van der Waals surface area (Å²) < 4.78 is 1.65. The summed E-state index contributed by atoms with van der Waals surface area (Å²) in [4.78, 5) is 17.4. The van der Waals surface area contributed by atoms with E-state index in [-0.39, 0.29) is 0 Å². The largest absolute Gasteiger partial charge is 0.465 e. The molecule has 0 aliphatic carbocycles. The van der Waals surface area contributed by atoms with E-state index in [2.05, 4.69) is 10.1 Å². The van der Waals surface area contributed by atoms with E-state index in [1.54, 1.807) is 22.8 Å². The van der Waals surface area contributed by atoms with Gasteiger partial charge in [-0.3, -0.25) is 4.90 Å². The second-order valence-corrected chi connectivity index (χ2v) is 6.28. The van der Waals surface area contributed by atoms with Gasteiger partial charge in [-0.05, 0) is 26.8 Å². The molecular formula is C17H18N4O2. The van der Waals surface area contributed by atoms with Crippen LogP contribution in [0, 0.1) is 0 Å². The Morgan fingerprint density at radius 2 is 1.87 bits per heavy atom. The summed E-state index contributed by atoms with van der Waals surface area (Å²) in [6.45, 7) is 5.56. The van der Waals surface area contributed by atoms with E-state index < -0.39 is 11.6 Å². The molecule has 0 spiro atoms. The number of rotatable bonds is 2. The lowest BCUT2D eigenvalue weighted by Crippen LogP contribution is -2.45. The van der Waals surface area contributed by atoms with Gasteiger partial charge in [0.25, 0.3) is 0 Å². The molecule has 0 radical (unpaired) electrons. The fourth-order valence-corrected chi connectivity index (χ4v) is 2.50. The number of nitrogens with zero attached hydrogens (tertiary/aromatic N) is 4. The van der Waals surface area contributed by atoms with Gasteiger partial charge < -0.3 is 5.11 Å². The molecule has 0 fully saturated rings. The van der Waals surface area contributed by atoms with Crippen molar-refractivity contribution >= 4 is 17.4 Å². The number of pyridine rings is 1. The van der Waals surface area contributed by atoms with E-state index in [0.717, 1.165) is 5.56 Å². The third-order valence-electron chi connectivity index (χ3n) is 3.47. The van der Waals surface area contributed by atoms with Gasteiger partial charge >= 0.3 is 6.09 Å². The van der Waals surface area contributed by atoms with Crippen molar-refractivity contribution in [3.8, 4) is 11.4 Å². The van der Waals surface area contributed by atoms with Crippen molar-refractivity contribution in [2.75, 3.05) is 4.90 Å². The average Bonchev–Trinajstić information content (AvgIpc) is 2.89. The first-order valence-corrected chi connectivity index (χ1v) is 7.31. The summed E-state index contributed by atoms with van der Waals surface area (Å²) >= 11 is 0. The van der Waals surface area contributed by atoms with Crippen LogP contribution in [-0.2, 0) is 0 Å². The number of benzene rings is 1. The van der Waals surface area contributed by atoms with Gasteiger partial charge in [0.15, 0.2) is 11.5 Å². The molecular weight excluding hydrogens is 292 g/mol. The van der Waals surface area contributed by atoms with E-state index in [0.29, 0.717) is 17.2 Å². The number of hydrogen-bond acceptors (Lipinski definition) is 3. The molecule has 0 saturated heterocycles. The minimum atomic E-state index is -0.996. The Bertz CT molecular complexity index is 850. The highest BCUT2D eigenvalue weighted by Gasteiger charge is 2.28. The minimum absolute atomic E-state index is 0.549. The van der Waals surface area contributed by atoms with Crippen LogP contribution in [0.15, 0.2) is 48.7 Å². The number of amides is 1. The van der Waals surface area contributed by atoms with E-state index >= 15 is 0 Å². The van der Waals surface area contributed by atoms with Crippen molar-refractivity contribution < 1.29 is 9.90 Å². The number of aromatic nitrogens is 3. The molecule has 23 heavy (non-hydrogen) atoms. The molecule has 0 aliphatic heterocycles. The van der Waals surface area contributed by atoms with Gasteiger partial charge in [0.05, 0.1) is 5.69 Å². The van der Waals surface area contributed by atoms with Gasteiger partial charge in [-0.15, -0.1) is 5.10 Å². The normalized spacial score (nSPS) is 11.6. The van der Waals surface area contributed by atoms with E-state index in [1.165, 1.54) is 4.90 Å². The Morgan fingerprint density at radius 3 is 2.48 bits per heavy atom. The second-order valence-electron chi connectivity index (χ2n) is 6.28. The van der Waals surface area contributed by atoms with E-state index in [1.807, 2.05) is 51.1 Å². The van der Waals surface area contributed by atoms with Crippen molar-refractivity contribution in [3.05, 3.63) is 48.7 Å². The molecule has 1 amide bonds. The van der Waals surface area contributed by atoms with Gasteiger partial charge in [0.1, 0.15) is 0 Å². The molecule has 3 rings (SSSR count). The molecule has 0 unspecified atom stereocenters. The zero-order valence-electron chi connectivity index (χ0n) is 13.3. The standard InChI is InChI=1S/C17H18N4O2/c1-17(2,3)21(16(22)23)13-9-10-20-14(11-13)18-15(19-20)12-7-5-4-6-8-12/h4-11H,1-3H3,(H,22,23). The molecule has 3 aromatic rings. The lowest BCUT2D eigenvalue weighted by Gasteiger charge is -2.33. The van der Waals surface area contributed by atoms with Crippen molar-refractivity contribution in [1.82, 2.24) is 14.6 Å². The van der Waals surface area contributed by atoms with Gasteiger partial charge in [-0.25, -0.2) is 14.3 Å². The number of hydrogen-bond donors (Lipinski definition) is 1. The molecule has 1 aromatic carbocycles. The molecule has 0 saturated carbocycles. The average molecular weight is 310 g/mol. The third-order valence-corrected chi connectivity index (χ3v) is 3.47. The van der Waals surface area contributed by atoms with Crippen molar-refractivity contribution in [1.29, 1.82) is 0 Å². The SMILES string of the molecule is CC(C)(C)N(C(=O)O)c1ccn2nc(-c3ccccc3)nc2c1. The summed E-state index contributed by atoms with van der Waals surface area (Å²) in [6.07, 6.45) is 0.732. The van der Waals surface area contributed by atoms with Crippen LogP contribution < -0.4 is 4.90 Å². The number of fused-ring (bicyclic) bond motifs is 1. The summed E-state index contributed by atoms with van der Waals surface area (Å²) in [6, 6.07) is 13.1. The van der Waals surface area contributed by atoms with Crippen molar-refractivity contribution in [3.63, 3.8) is 0 Å². The smallest absolute Gasteiger partial charge is 0.412 e. The quantitative estimate of drug-likeness (QED) is 0.784. The number of anilines is 1. The van der Waals surface area contributed by atoms with Crippen LogP contribution in [0.25, 0.3) is 17.0 Å². The van der Waals surface area contributed by atoms with Gasteiger partial charge in [0, 0.05) is 23.4 Å². The van der Waals surface area contributed by atoms with Crippen molar-refractivity contribution in [2.24, 2.45) is 0 Å². The lowest BCUT2D eigenvalue weighted by molar-refractivity contribution is 0.195. The summed E-state index contributed by atoms with van der Waals surface area (Å²) in [5.74, 6) is 0.611. The molecule has 6 nitrogen and oxygen atoms in total. The number of carboxylic acid groups (broad SMARTS) is 1. The molecule has 0 atom stereocenters. The lowest BCUT2D eigenvalue weighted by atomic mass is 10.1. The van der Waals surface area contributed by atoms with Crippen LogP contribution in [0.4, 0.5) is 10.5 Å². The first kappa shape index (κ1) is 15.0. The van der Waals surface area contributed by atoms with Crippen molar-refractivity contribution in [2.45, 2.75) is 26.3 Å². The fraction of sp³-hybridized carbons (Fsp3) is 0.235. The third kappa shape index (κ3) is 2.88. The molecule has 118 valence electrons. The van der Waals surface area contributed by atoms with Gasteiger partial charge in [-0.2, -0.15) is 0 Å². The van der Waals surface area contributed by atoms with Gasteiger partial charge in [0.2, 0.25) is 0 Å². The highest BCUT2D eigenvalue weighted by Crippen LogP contribution is 2.25. The number of carbonyl (C=O) groups is 1. The zero-order chi connectivity index (χ0) is 16.6. The molecule has 1 N–H and O–H groups in total. The predicted octanol–water partition coefficient (Wildman–Crippen LogP) is 3.68. The van der Waals surface area contributed by atoms with Crippen LogP contribution in [0.5, 0.6) is 0 Å². The Labute approximate surface area is 134 Å². The first-order chi connectivity index (χ1) is 10.9. The van der Waals surface area contributed by atoms with Crippen LogP contribution in [-0.4, -0.2) is 31.3 Å². The second kappa shape index (κ2) is 5.39. The van der Waals surface area contributed by atoms with Crippen LogP contribution in [0.1, 0.15) is 20.8 Å². The van der Waals surface area contributed by atoms with E-state index in [4.69, 9.17) is 0 Å². The highest BCUT2D eigenvalue weighted by molar-refractivity contribution is 5.88. The Morgan fingerprint density at radius 1 is 1.17 bits per heavy atom. The van der Waals surface area contributed by atoms with E-state index in [9.17, 15) is 9.90 Å². The molecule has 6 heteroatoms. The Kier molecular flexibility index (Phi) is 3.52. The highest BCUT2D eigenvalue weighted by atomic mass is 16.4. The van der Waals surface area contributed by atoms with Gasteiger partial charge in [-0.1, -0.05) is 30.3 Å². The molecule has 0 bridgehead atoms. The minimum Gasteiger partial charge on any atom is -0.465 e. The predicted molar refractivity (Wildman–Crippen MR) is 88.7 cm³/mol. The first-order valence-electron chi connectivity index (χ1n) is 7.31. The monoisotopic (exact) mass is 310 g/mol. The van der Waals surface area contributed by atoms with Crippen LogP contribution >= 0.6 is 0 Å². The maximum Gasteiger partial charge on any atom is 0.412 e. The summed E-state index contributed by atoms with van der Waals surface area (Å²) in [5, 5.41) is 13.9. The topological polar surface area (TPSA) is 70.7 Å². The van der Waals surface area contributed by atoms with Crippen LogP contribution in [0.3, 0.4) is 0 Å². The summed E-state index contributed by atoms with van der Waals surface area (Å²) in [5.41, 5.74) is 1.55. The maximum atomic E-state index is 11.6. The zero-order valence-corrected chi connectivity index (χ0v) is 13.3. The maximum absolute atomic E-state index is 11.6. The molecule has 2 aromatic heterocycles. The Balaban J connectivity index is 2.07. The molecule has 0 aliphatic rings. The fourth-order valence-electron chi connectivity index (χ4n) is 2.50. The molecule has 2 heterocycles. The van der Waals surface area contributed by atoms with Crippen LogP contribution in [0.2, 0.25) is 0 Å². The summed E-state index contributed by atoms with van der Waals surface area (Å²) in [7, 11) is 0.